The van der Waals surface area contributed by atoms with Gasteiger partial charge in [-0.05, 0) is 26.9 Å². The number of allylic oxidation sites excluding steroid dienone is 1. The summed E-state index contributed by atoms with van der Waals surface area (Å²) in [5.74, 6) is 1.81. The van der Waals surface area contributed by atoms with Crippen molar-refractivity contribution in [1.82, 2.24) is 0 Å². The Morgan fingerprint density at radius 3 is 2.42 bits per heavy atom. The van der Waals surface area contributed by atoms with Crippen LogP contribution in [-0.2, 0) is 9.53 Å². The maximum absolute atomic E-state index is 10.8. The lowest BCUT2D eigenvalue weighted by atomic mass is 10.5. The first-order valence-corrected chi connectivity index (χ1v) is 7.16. The third kappa shape index (κ3) is 7.62. The molecule has 12 heavy (non-hydrogen) atoms. The van der Waals surface area contributed by atoms with Crippen LogP contribution in [0.2, 0.25) is 0 Å². The fraction of sp³-hybridized carbons (Fsp3) is 0.556. The van der Waals surface area contributed by atoms with Crippen molar-refractivity contribution < 1.29 is 9.53 Å². The SMILES string of the molecule is CCOC(=O)/C=C/C=P(C)(C)C. The van der Waals surface area contributed by atoms with E-state index in [2.05, 4.69) is 25.8 Å². The summed E-state index contributed by atoms with van der Waals surface area (Å²) < 4.78 is 4.72. The van der Waals surface area contributed by atoms with Crippen molar-refractivity contribution in [2.45, 2.75) is 6.92 Å². The lowest BCUT2D eigenvalue weighted by molar-refractivity contribution is -0.137. The Labute approximate surface area is 74.6 Å². The van der Waals surface area contributed by atoms with Gasteiger partial charge in [-0.1, -0.05) is 11.9 Å². The van der Waals surface area contributed by atoms with Gasteiger partial charge in [0.1, 0.15) is 0 Å². The van der Waals surface area contributed by atoms with E-state index in [1.165, 1.54) is 6.08 Å². The molecule has 0 aliphatic rings. The number of esters is 1. The number of carbonyl (C=O) groups excluding carboxylic acids is 1. The Bertz CT molecular complexity index is 214. The molecule has 0 unspecified atom stereocenters. The van der Waals surface area contributed by atoms with Gasteiger partial charge in [0.25, 0.3) is 0 Å². The van der Waals surface area contributed by atoms with Crippen LogP contribution in [0.25, 0.3) is 0 Å². The lowest BCUT2D eigenvalue weighted by Gasteiger charge is -2.02. The average Bonchev–Trinajstić information content (AvgIpc) is 1.84. The van der Waals surface area contributed by atoms with Crippen LogP contribution in [0.4, 0.5) is 0 Å². The summed E-state index contributed by atoms with van der Waals surface area (Å²) in [7, 11) is 0. The van der Waals surface area contributed by atoms with Crippen molar-refractivity contribution >= 4 is 18.7 Å². The molecule has 0 aliphatic carbocycles. The van der Waals surface area contributed by atoms with E-state index in [1.807, 2.05) is 0 Å². The van der Waals surface area contributed by atoms with Crippen LogP contribution in [0.3, 0.4) is 0 Å². The van der Waals surface area contributed by atoms with Crippen LogP contribution in [0.15, 0.2) is 12.2 Å². The zero-order valence-corrected chi connectivity index (χ0v) is 9.10. The number of carbonyl (C=O) groups is 1. The summed E-state index contributed by atoms with van der Waals surface area (Å²) in [6.07, 6.45) is 3.25. The van der Waals surface area contributed by atoms with Crippen molar-refractivity contribution in [3.05, 3.63) is 12.2 Å². The zero-order chi connectivity index (χ0) is 9.61. The molecule has 0 aromatic rings. The fourth-order valence-corrected chi connectivity index (χ4v) is 1.17. The van der Waals surface area contributed by atoms with Gasteiger partial charge < -0.3 is 4.74 Å². The van der Waals surface area contributed by atoms with Crippen molar-refractivity contribution in [1.29, 1.82) is 0 Å². The molecule has 0 radical (unpaired) electrons. The quantitative estimate of drug-likeness (QED) is 0.383. The molecule has 0 aliphatic heterocycles. The molecule has 0 N–H and O–H groups in total. The molecule has 0 fully saturated rings. The van der Waals surface area contributed by atoms with Crippen molar-refractivity contribution in [3.63, 3.8) is 0 Å². The third-order valence-corrected chi connectivity index (χ3v) is 2.12. The molecule has 0 saturated heterocycles. The van der Waals surface area contributed by atoms with Crippen LogP contribution in [0, 0.1) is 0 Å². The van der Waals surface area contributed by atoms with Crippen LogP contribution in [0.1, 0.15) is 6.92 Å². The highest BCUT2D eigenvalue weighted by Crippen LogP contribution is 2.31. The highest BCUT2D eigenvalue weighted by atomic mass is 31.2. The first-order valence-electron chi connectivity index (χ1n) is 3.96. The molecule has 0 bridgehead atoms. The summed E-state index contributed by atoms with van der Waals surface area (Å²) in [5, 5.41) is 0. The molecule has 0 spiro atoms. The predicted octanol–water partition coefficient (Wildman–Crippen LogP) is 1.81. The second-order valence-corrected chi connectivity index (χ2v) is 7.91. The van der Waals surface area contributed by atoms with Gasteiger partial charge in [0, 0.05) is 6.08 Å². The molecule has 0 heterocycles. The van der Waals surface area contributed by atoms with E-state index in [-0.39, 0.29) is 5.97 Å². The molecular weight excluding hydrogens is 171 g/mol. The third-order valence-electron chi connectivity index (χ3n) is 1.05. The molecule has 0 rings (SSSR count). The Morgan fingerprint density at radius 1 is 1.42 bits per heavy atom. The Kier molecular flexibility index (Phi) is 5.00. The topological polar surface area (TPSA) is 26.3 Å². The van der Waals surface area contributed by atoms with Crippen LogP contribution in [0.5, 0.6) is 0 Å². The van der Waals surface area contributed by atoms with E-state index in [1.54, 1.807) is 13.0 Å². The molecule has 70 valence electrons. The van der Waals surface area contributed by atoms with Gasteiger partial charge in [0.05, 0.1) is 6.61 Å². The van der Waals surface area contributed by atoms with Gasteiger partial charge in [-0.2, -0.15) is 0 Å². The number of ether oxygens (including phenoxy) is 1. The van der Waals surface area contributed by atoms with Gasteiger partial charge in [-0.25, -0.2) is 4.79 Å². The zero-order valence-electron chi connectivity index (χ0n) is 8.20. The van der Waals surface area contributed by atoms with E-state index in [0.717, 1.165) is 0 Å². The Morgan fingerprint density at radius 2 is 2.00 bits per heavy atom. The monoisotopic (exact) mass is 188 g/mol. The highest BCUT2D eigenvalue weighted by Gasteiger charge is 1.92. The number of rotatable bonds is 3. The molecule has 0 atom stereocenters. The van der Waals surface area contributed by atoms with Crippen LogP contribution in [-0.4, -0.2) is 38.4 Å². The van der Waals surface area contributed by atoms with Crippen LogP contribution >= 0.6 is 6.89 Å². The predicted molar refractivity (Wildman–Crippen MR) is 56.5 cm³/mol. The average molecular weight is 188 g/mol. The standard InChI is InChI=1S/C9H17O2P/c1-5-11-9(10)7-6-8-12(2,3)4/h6-8H,5H2,1-4H3/b7-6+. The molecule has 0 aromatic carbocycles. The molecular formula is C9H17O2P. The van der Waals surface area contributed by atoms with Crippen molar-refractivity contribution in [2.75, 3.05) is 26.6 Å². The second kappa shape index (κ2) is 5.21. The fourth-order valence-electron chi connectivity index (χ4n) is 0.570. The highest BCUT2D eigenvalue weighted by molar-refractivity contribution is 7.73. The van der Waals surface area contributed by atoms with E-state index in [4.69, 9.17) is 4.74 Å². The number of hydrogen-bond acceptors (Lipinski definition) is 2. The van der Waals surface area contributed by atoms with E-state index < -0.39 is 6.89 Å². The second-order valence-electron chi connectivity index (χ2n) is 3.38. The van der Waals surface area contributed by atoms with Crippen molar-refractivity contribution in [3.8, 4) is 0 Å². The van der Waals surface area contributed by atoms with Crippen molar-refractivity contribution in [2.24, 2.45) is 0 Å². The summed E-state index contributed by atoms with van der Waals surface area (Å²) >= 11 is 0. The summed E-state index contributed by atoms with van der Waals surface area (Å²) in [6.45, 7) is 7.87. The van der Waals surface area contributed by atoms with Gasteiger partial charge in [0.15, 0.2) is 0 Å². The van der Waals surface area contributed by atoms with E-state index in [9.17, 15) is 4.79 Å². The summed E-state index contributed by atoms with van der Waals surface area (Å²) in [6, 6.07) is 0. The van der Waals surface area contributed by atoms with Gasteiger partial charge in [-0.15, -0.1) is 6.89 Å². The maximum atomic E-state index is 10.8. The molecule has 0 saturated carbocycles. The lowest BCUT2D eigenvalue weighted by Crippen LogP contribution is -1.98. The Balaban J connectivity index is 4.01. The maximum Gasteiger partial charge on any atom is 0.330 e. The van der Waals surface area contributed by atoms with E-state index in [0.29, 0.717) is 6.61 Å². The summed E-state index contributed by atoms with van der Waals surface area (Å²) in [5.41, 5.74) is 0. The molecule has 3 heteroatoms. The van der Waals surface area contributed by atoms with Crippen LogP contribution < -0.4 is 0 Å². The van der Waals surface area contributed by atoms with Gasteiger partial charge in [0.2, 0.25) is 0 Å². The normalized spacial score (nSPS) is 11.7. The Hall–Kier alpha value is -0.490. The molecule has 0 aromatic heterocycles. The summed E-state index contributed by atoms with van der Waals surface area (Å²) in [4.78, 5) is 10.8. The minimum Gasteiger partial charge on any atom is -0.463 e. The first-order chi connectivity index (χ1) is 5.45. The van der Waals surface area contributed by atoms with E-state index >= 15 is 0 Å². The van der Waals surface area contributed by atoms with Gasteiger partial charge >= 0.3 is 5.97 Å². The van der Waals surface area contributed by atoms with Gasteiger partial charge in [-0.3, -0.25) is 0 Å². The number of hydrogen-bond donors (Lipinski definition) is 0. The molecule has 0 amide bonds. The molecule has 2 nitrogen and oxygen atoms in total. The smallest absolute Gasteiger partial charge is 0.330 e. The minimum absolute atomic E-state index is 0.262. The minimum atomic E-state index is -0.910. The largest absolute Gasteiger partial charge is 0.463 e. The first kappa shape index (κ1) is 11.5.